The number of ether oxygens (including phenoxy) is 1. The summed E-state index contributed by atoms with van der Waals surface area (Å²) in [4.78, 5) is 24.5. The average molecular weight is 339 g/mol. The molecule has 0 aliphatic carbocycles. The molecule has 130 valence electrons. The zero-order valence-electron chi connectivity index (χ0n) is 14.7. The van der Waals surface area contributed by atoms with E-state index in [2.05, 4.69) is 16.0 Å². The third-order valence-electron chi connectivity index (χ3n) is 3.57. The Hall–Kier alpha value is -3.02. The third kappa shape index (κ3) is 3.91. The third-order valence-corrected chi connectivity index (χ3v) is 3.57. The van der Waals surface area contributed by atoms with Gasteiger partial charge in [-0.1, -0.05) is 6.07 Å². The first-order chi connectivity index (χ1) is 11.7. The lowest BCUT2D eigenvalue weighted by Gasteiger charge is -2.21. The summed E-state index contributed by atoms with van der Waals surface area (Å²) in [6.07, 6.45) is 0. The molecule has 0 bridgehead atoms. The van der Waals surface area contributed by atoms with Crippen LogP contribution >= 0.6 is 0 Å². The van der Waals surface area contributed by atoms with Crippen molar-refractivity contribution in [2.75, 3.05) is 10.6 Å². The minimum atomic E-state index is -0.351. The predicted octanol–water partition coefficient (Wildman–Crippen LogP) is 4.27. The Kier molecular flexibility index (Phi) is 4.12. The Morgan fingerprint density at radius 2 is 1.80 bits per heavy atom. The molecule has 25 heavy (non-hydrogen) atoms. The van der Waals surface area contributed by atoms with Crippen molar-refractivity contribution >= 4 is 23.3 Å². The van der Waals surface area contributed by atoms with Gasteiger partial charge in [0.15, 0.2) is 5.75 Å². The molecule has 3 amide bonds. The molecule has 0 atom stereocenters. The molecule has 0 fully saturated rings. The topological polar surface area (TPSA) is 79.5 Å². The van der Waals surface area contributed by atoms with E-state index in [-0.39, 0.29) is 17.5 Å². The van der Waals surface area contributed by atoms with E-state index in [0.717, 1.165) is 5.56 Å². The molecule has 3 rings (SSSR count). The largest absolute Gasteiger partial charge is 0.454 e. The number of hydrogen-bond acceptors (Lipinski definition) is 3. The van der Waals surface area contributed by atoms with Gasteiger partial charge in [-0.05, 0) is 63.6 Å². The smallest absolute Gasteiger partial charge is 0.319 e. The fourth-order valence-corrected chi connectivity index (χ4v) is 2.52. The summed E-state index contributed by atoms with van der Waals surface area (Å²) in [6.45, 7) is 7.62. The van der Waals surface area contributed by atoms with Crippen molar-refractivity contribution < 1.29 is 14.3 Å². The fraction of sp³-hybridized carbons (Fsp3) is 0.263. The number of urea groups is 1. The number of fused-ring (bicyclic) bond motifs is 2. The Morgan fingerprint density at radius 3 is 2.52 bits per heavy atom. The number of carbonyl (C=O) groups excluding carboxylic acids is 2. The second-order valence-electron chi connectivity index (χ2n) is 7.10. The molecule has 1 aliphatic heterocycles. The Morgan fingerprint density at radius 1 is 1.08 bits per heavy atom. The summed E-state index contributed by atoms with van der Waals surface area (Å²) >= 11 is 0. The maximum Gasteiger partial charge on any atom is 0.319 e. The normalized spacial score (nSPS) is 12.9. The predicted molar refractivity (Wildman–Crippen MR) is 97.6 cm³/mol. The monoisotopic (exact) mass is 339 g/mol. The van der Waals surface area contributed by atoms with Gasteiger partial charge in [-0.15, -0.1) is 0 Å². The van der Waals surface area contributed by atoms with Crippen LogP contribution in [0.2, 0.25) is 0 Å². The molecule has 0 spiro atoms. The molecule has 0 unspecified atom stereocenters. The van der Waals surface area contributed by atoms with Crippen LogP contribution in [-0.2, 0) is 0 Å². The lowest BCUT2D eigenvalue weighted by atomic mass is 10.1. The van der Waals surface area contributed by atoms with Crippen LogP contribution < -0.4 is 20.7 Å². The highest BCUT2D eigenvalue weighted by atomic mass is 16.5. The van der Waals surface area contributed by atoms with Crippen molar-refractivity contribution in [2.24, 2.45) is 0 Å². The summed E-state index contributed by atoms with van der Waals surface area (Å²) < 4.78 is 5.86. The van der Waals surface area contributed by atoms with Gasteiger partial charge in [0, 0.05) is 11.2 Å². The first-order valence-electron chi connectivity index (χ1n) is 8.04. The minimum Gasteiger partial charge on any atom is -0.454 e. The molecule has 2 aromatic carbocycles. The maximum absolute atomic E-state index is 12.5. The first-order valence-corrected chi connectivity index (χ1v) is 8.04. The van der Waals surface area contributed by atoms with Crippen molar-refractivity contribution in [3.05, 3.63) is 47.5 Å². The number of aryl methyl sites for hydroxylation is 1. The highest BCUT2D eigenvalue weighted by Crippen LogP contribution is 2.37. The second kappa shape index (κ2) is 6.12. The molecule has 6 heteroatoms. The Bertz CT molecular complexity index is 853. The zero-order valence-corrected chi connectivity index (χ0v) is 14.7. The number of benzene rings is 2. The second-order valence-corrected chi connectivity index (χ2v) is 7.10. The average Bonchev–Trinajstić information content (AvgIpc) is 2.61. The van der Waals surface area contributed by atoms with E-state index in [4.69, 9.17) is 4.74 Å². The summed E-state index contributed by atoms with van der Waals surface area (Å²) in [6, 6.07) is 10.2. The lowest BCUT2D eigenvalue weighted by molar-refractivity contribution is 0.102. The molecular weight excluding hydrogens is 318 g/mol. The highest BCUT2D eigenvalue weighted by molar-refractivity contribution is 6.09. The van der Waals surface area contributed by atoms with E-state index in [1.807, 2.05) is 45.9 Å². The number of rotatable bonds is 1. The van der Waals surface area contributed by atoms with E-state index in [1.54, 1.807) is 18.2 Å². The molecule has 1 heterocycles. The van der Waals surface area contributed by atoms with E-state index in [0.29, 0.717) is 28.4 Å². The van der Waals surface area contributed by atoms with Gasteiger partial charge in [-0.3, -0.25) is 4.79 Å². The van der Waals surface area contributed by atoms with E-state index >= 15 is 0 Å². The summed E-state index contributed by atoms with van der Waals surface area (Å²) in [5.74, 6) is 0.755. The molecule has 3 N–H and O–H groups in total. The van der Waals surface area contributed by atoms with Crippen LogP contribution in [0, 0.1) is 6.92 Å². The van der Waals surface area contributed by atoms with Gasteiger partial charge >= 0.3 is 6.03 Å². The van der Waals surface area contributed by atoms with Crippen LogP contribution in [0.15, 0.2) is 36.4 Å². The fourth-order valence-electron chi connectivity index (χ4n) is 2.52. The van der Waals surface area contributed by atoms with Gasteiger partial charge in [0.2, 0.25) is 0 Å². The Balaban J connectivity index is 1.86. The molecule has 6 nitrogen and oxygen atoms in total. The van der Waals surface area contributed by atoms with E-state index in [9.17, 15) is 9.59 Å². The van der Waals surface area contributed by atoms with Crippen LogP contribution in [0.25, 0.3) is 0 Å². The van der Waals surface area contributed by atoms with Crippen molar-refractivity contribution in [3.63, 3.8) is 0 Å². The van der Waals surface area contributed by atoms with Gasteiger partial charge in [-0.25, -0.2) is 4.79 Å². The van der Waals surface area contributed by atoms with Crippen molar-refractivity contribution in [1.29, 1.82) is 0 Å². The number of hydrogen-bond donors (Lipinski definition) is 3. The number of carbonyl (C=O) groups is 2. The maximum atomic E-state index is 12.5. The number of amides is 3. The van der Waals surface area contributed by atoms with Crippen LogP contribution in [0.5, 0.6) is 11.5 Å². The van der Waals surface area contributed by atoms with Crippen LogP contribution in [0.1, 0.15) is 36.7 Å². The SMILES string of the molecule is Cc1ccc2c(c1)NC(=O)c1cc(NC(=O)NC(C)(C)C)ccc1O2. The summed E-state index contributed by atoms with van der Waals surface area (Å²) in [7, 11) is 0. The molecule has 0 saturated heterocycles. The summed E-state index contributed by atoms with van der Waals surface area (Å²) in [5.41, 5.74) is 2.18. The minimum absolute atomic E-state index is 0.278. The molecule has 2 aromatic rings. The van der Waals surface area contributed by atoms with Crippen molar-refractivity contribution in [1.82, 2.24) is 5.32 Å². The van der Waals surface area contributed by atoms with E-state index in [1.165, 1.54) is 0 Å². The number of anilines is 2. The van der Waals surface area contributed by atoms with Crippen LogP contribution in [0.4, 0.5) is 16.2 Å². The first kappa shape index (κ1) is 16.8. The molecule has 0 saturated carbocycles. The van der Waals surface area contributed by atoms with Crippen LogP contribution in [-0.4, -0.2) is 17.5 Å². The Labute approximate surface area is 146 Å². The quantitative estimate of drug-likeness (QED) is 0.726. The molecule has 0 aromatic heterocycles. The zero-order chi connectivity index (χ0) is 18.2. The van der Waals surface area contributed by atoms with Crippen molar-refractivity contribution in [2.45, 2.75) is 33.2 Å². The standard InChI is InChI=1S/C19H21N3O3/c1-11-5-7-16-14(9-11)21-17(23)13-10-12(6-8-15(13)25-16)20-18(24)22-19(2,3)4/h5-10H,1-4H3,(H,21,23)(H2,20,22,24). The molecule has 1 aliphatic rings. The van der Waals surface area contributed by atoms with E-state index < -0.39 is 0 Å². The van der Waals surface area contributed by atoms with Gasteiger partial charge < -0.3 is 20.7 Å². The molecular formula is C19H21N3O3. The number of nitrogens with one attached hydrogen (secondary N) is 3. The summed E-state index contributed by atoms with van der Waals surface area (Å²) in [5, 5.41) is 8.39. The van der Waals surface area contributed by atoms with Gasteiger partial charge in [0.1, 0.15) is 5.75 Å². The molecule has 0 radical (unpaired) electrons. The lowest BCUT2D eigenvalue weighted by Crippen LogP contribution is -2.43. The van der Waals surface area contributed by atoms with Crippen molar-refractivity contribution in [3.8, 4) is 11.5 Å². The van der Waals surface area contributed by atoms with Crippen LogP contribution in [0.3, 0.4) is 0 Å². The van der Waals surface area contributed by atoms with Gasteiger partial charge in [-0.2, -0.15) is 0 Å². The van der Waals surface area contributed by atoms with Gasteiger partial charge in [0.25, 0.3) is 5.91 Å². The van der Waals surface area contributed by atoms with Gasteiger partial charge in [0.05, 0.1) is 11.3 Å². The highest BCUT2D eigenvalue weighted by Gasteiger charge is 2.22.